The molecule has 90 valence electrons. The number of hydrogen-bond donors (Lipinski definition) is 1. The van der Waals surface area contributed by atoms with E-state index in [0.29, 0.717) is 0 Å². The zero-order valence-corrected chi connectivity index (χ0v) is 10.5. The Morgan fingerprint density at radius 2 is 2.24 bits per heavy atom. The number of fused-ring (bicyclic) bond motifs is 1. The van der Waals surface area contributed by atoms with Crippen molar-refractivity contribution in [3.8, 4) is 0 Å². The summed E-state index contributed by atoms with van der Waals surface area (Å²) >= 11 is 0. The fourth-order valence-electron chi connectivity index (χ4n) is 1.69. The third kappa shape index (κ3) is 2.71. The molecule has 0 bridgehead atoms. The monoisotopic (exact) mass is 230 g/mol. The standard InChI is InChI=1S/C13H18N4/c1-10(2)7-8-14-11(3)13-16-15-12-6-4-5-9-17(12)13/h4-7,9,11,14H,8H2,1-3H3. The van der Waals surface area contributed by atoms with Gasteiger partial charge >= 0.3 is 0 Å². The minimum atomic E-state index is 0.183. The molecular weight excluding hydrogens is 212 g/mol. The minimum Gasteiger partial charge on any atom is -0.304 e. The molecule has 17 heavy (non-hydrogen) atoms. The van der Waals surface area contributed by atoms with Gasteiger partial charge in [-0.3, -0.25) is 4.40 Å². The van der Waals surface area contributed by atoms with Crippen LogP contribution in [-0.2, 0) is 0 Å². The maximum Gasteiger partial charge on any atom is 0.160 e. The first-order chi connectivity index (χ1) is 8.18. The normalized spacial score (nSPS) is 12.6. The Labute approximate surface area is 101 Å². The topological polar surface area (TPSA) is 42.2 Å². The SMILES string of the molecule is CC(C)=CCNC(C)c1nnc2ccccn12. The van der Waals surface area contributed by atoms with Crippen molar-refractivity contribution in [3.05, 3.63) is 41.9 Å². The third-order valence-electron chi connectivity index (χ3n) is 2.66. The predicted molar refractivity (Wildman–Crippen MR) is 68.8 cm³/mol. The Hall–Kier alpha value is -1.68. The highest BCUT2D eigenvalue weighted by Gasteiger charge is 2.11. The number of allylic oxidation sites excluding steroid dienone is 1. The maximum absolute atomic E-state index is 4.22. The van der Waals surface area contributed by atoms with Gasteiger partial charge in [0, 0.05) is 12.7 Å². The van der Waals surface area contributed by atoms with Crippen LogP contribution in [0, 0.1) is 0 Å². The van der Waals surface area contributed by atoms with E-state index in [1.165, 1.54) is 5.57 Å². The van der Waals surface area contributed by atoms with Crippen molar-refractivity contribution in [2.45, 2.75) is 26.8 Å². The molecule has 0 amide bonds. The third-order valence-corrected chi connectivity index (χ3v) is 2.66. The van der Waals surface area contributed by atoms with E-state index < -0.39 is 0 Å². The van der Waals surface area contributed by atoms with Crippen molar-refractivity contribution in [2.24, 2.45) is 0 Å². The van der Waals surface area contributed by atoms with E-state index in [0.717, 1.165) is 18.0 Å². The number of hydrogen-bond acceptors (Lipinski definition) is 3. The molecule has 0 radical (unpaired) electrons. The minimum absolute atomic E-state index is 0.183. The van der Waals surface area contributed by atoms with Crippen LogP contribution in [0.1, 0.15) is 32.6 Å². The second-order valence-electron chi connectivity index (χ2n) is 4.40. The van der Waals surface area contributed by atoms with E-state index in [2.05, 4.69) is 42.4 Å². The van der Waals surface area contributed by atoms with Crippen LogP contribution in [0.2, 0.25) is 0 Å². The summed E-state index contributed by atoms with van der Waals surface area (Å²) in [6.45, 7) is 7.14. The van der Waals surface area contributed by atoms with Gasteiger partial charge in [-0.05, 0) is 32.9 Å². The molecule has 0 aliphatic rings. The number of nitrogens with one attached hydrogen (secondary N) is 1. The molecule has 1 atom stereocenters. The smallest absolute Gasteiger partial charge is 0.160 e. The number of rotatable bonds is 4. The maximum atomic E-state index is 4.22. The van der Waals surface area contributed by atoms with Gasteiger partial charge in [-0.15, -0.1) is 10.2 Å². The molecule has 0 saturated heterocycles. The van der Waals surface area contributed by atoms with E-state index in [4.69, 9.17) is 0 Å². The molecule has 0 aromatic carbocycles. The Morgan fingerprint density at radius 1 is 1.41 bits per heavy atom. The second-order valence-corrected chi connectivity index (χ2v) is 4.40. The molecule has 2 heterocycles. The molecule has 0 aliphatic carbocycles. The van der Waals surface area contributed by atoms with Gasteiger partial charge in [-0.2, -0.15) is 0 Å². The summed E-state index contributed by atoms with van der Waals surface area (Å²) in [7, 11) is 0. The first kappa shape index (κ1) is 11.8. The van der Waals surface area contributed by atoms with Gasteiger partial charge in [0.2, 0.25) is 0 Å². The Morgan fingerprint density at radius 3 is 3.00 bits per heavy atom. The van der Waals surface area contributed by atoms with Gasteiger partial charge in [0.15, 0.2) is 11.5 Å². The number of aromatic nitrogens is 3. The van der Waals surface area contributed by atoms with Crippen molar-refractivity contribution in [3.63, 3.8) is 0 Å². The van der Waals surface area contributed by atoms with Gasteiger partial charge in [-0.25, -0.2) is 0 Å². The molecule has 0 fully saturated rings. The fourth-order valence-corrected chi connectivity index (χ4v) is 1.69. The Balaban J connectivity index is 2.13. The summed E-state index contributed by atoms with van der Waals surface area (Å²) in [5.74, 6) is 0.947. The zero-order chi connectivity index (χ0) is 12.3. The lowest BCUT2D eigenvalue weighted by Crippen LogP contribution is -2.20. The molecule has 0 spiro atoms. The van der Waals surface area contributed by atoms with Crippen LogP contribution in [0.4, 0.5) is 0 Å². The summed E-state index contributed by atoms with van der Waals surface area (Å²) < 4.78 is 2.01. The van der Waals surface area contributed by atoms with E-state index in [1.807, 2.05) is 28.8 Å². The van der Waals surface area contributed by atoms with E-state index in [-0.39, 0.29) is 6.04 Å². The van der Waals surface area contributed by atoms with Gasteiger partial charge in [-0.1, -0.05) is 17.7 Å². The van der Waals surface area contributed by atoms with Crippen molar-refractivity contribution >= 4 is 5.65 Å². The molecule has 4 heteroatoms. The summed E-state index contributed by atoms with van der Waals surface area (Å²) in [6.07, 6.45) is 4.16. The average Bonchev–Trinajstić information content (AvgIpc) is 2.72. The molecule has 2 rings (SSSR count). The highest BCUT2D eigenvalue weighted by Crippen LogP contribution is 2.11. The summed E-state index contributed by atoms with van der Waals surface area (Å²) in [4.78, 5) is 0. The first-order valence-electron chi connectivity index (χ1n) is 5.85. The van der Waals surface area contributed by atoms with Crippen LogP contribution in [0.25, 0.3) is 5.65 Å². The second kappa shape index (κ2) is 5.10. The largest absolute Gasteiger partial charge is 0.304 e. The molecule has 2 aromatic heterocycles. The van der Waals surface area contributed by atoms with Crippen molar-refractivity contribution < 1.29 is 0 Å². The number of nitrogens with zero attached hydrogens (tertiary/aromatic N) is 3. The molecular formula is C13H18N4. The van der Waals surface area contributed by atoms with Gasteiger partial charge in [0.25, 0.3) is 0 Å². The van der Waals surface area contributed by atoms with Crippen molar-refractivity contribution in [2.75, 3.05) is 6.54 Å². The Kier molecular flexibility index (Phi) is 3.54. The molecule has 0 saturated carbocycles. The summed E-state index contributed by atoms with van der Waals surface area (Å²) in [5, 5.41) is 11.8. The zero-order valence-electron chi connectivity index (χ0n) is 10.5. The lowest BCUT2D eigenvalue weighted by atomic mass is 10.3. The molecule has 1 unspecified atom stereocenters. The average molecular weight is 230 g/mol. The Bertz CT molecular complexity index is 523. The van der Waals surface area contributed by atoms with Crippen LogP contribution in [0.3, 0.4) is 0 Å². The highest BCUT2D eigenvalue weighted by atomic mass is 15.3. The summed E-state index contributed by atoms with van der Waals surface area (Å²) in [6, 6.07) is 6.10. The van der Waals surface area contributed by atoms with E-state index in [9.17, 15) is 0 Å². The van der Waals surface area contributed by atoms with E-state index >= 15 is 0 Å². The quantitative estimate of drug-likeness (QED) is 0.820. The van der Waals surface area contributed by atoms with Crippen LogP contribution in [-0.4, -0.2) is 21.1 Å². The molecule has 1 N–H and O–H groups in total. The van der Waals surface area contributed by atoms with Crippen LogP contribution in [0.5, 0.6) is 0 Å². The predicted octanol–water partition coefficient (Wildman–Crippen LogP) is 2.35. The van der Waals surface area contributed by atoms with Crippen molar-refractivity contribution in [1.29, 1.82) is 0 Å². The van der Waals surface area contributed by atoms with Crippen LogP contribution >= 0.6 is 0 Å². The molecule has 2 aromatic rings. The van der Waals surface area contributed by atoms with Crippen molar-refractivity contribution in [1.82, 2.24) is 19.9 Å². The first-order valence-corrected chi connectivity index (χ1v) is 5.85. The van der Waals surface area contributed by atoms with E-state index in [1.54, 1.807) is 0 Å². The van der Waals surface area contributed by atoms with Crippen LogP contribution < -0.4 is 5.32 Å². The molecule has 0 aliphatic heterocycles. The van der Waals surface area contributed by atoms with Crippen LogP contribution in [0.15, 0.2) is 36.0 Å². The fraction of sp³-hybridized carbons (Fsp3) is 0.385. The molecule has 4 nitrogen and oxygen atoms in total. The lowest BCUT2D eigenvalue weighted by molar-refractivity contribution is 0.575. The lowest BCUT2D eigenvalue weighted by Gasteiger charge is -2.10. The van der Waals surface area contributed by atoms with Gasteiger partial charge in [0.05, 0.1) is 6.04 Å². The number of pyridine rings is 1. The van der Waals surface area contributed by atoms with Gasteiger partial charge < -0.3 is 5.32 Å². The van der Waals surface area contributed by atoms with Gasteiger partial charge in [0.1, 0.15) is 0 Å². The summed E-state index contributed by atoms with van der Waals surface area (Å²) in [5.41, 5.74) is 2.20. The highest BCUT2D eigenvalue weighted by molar-refractivity contribution is 5.37.